The van der Waals surface area contributed by atoms with Gasteiger partial charge in [-0.05, 0) is 46.3 Å². The molecule has 0 radical (unpaired) electrons. The highest BCUT2D eigenvalue weighted by Gasteiger charge is 2.05. The fraction of sp³-hybridized carbons (Fsp3) is 0.538. The lowest BCUT2D eigenvalue weighted by Crippen LogP contribution is -2.12. The molecule has 1 saturated heterocycles. The maximum absolute atomic E-state index is 10.9. The summed E-state index contributed by atoms with van der Waals surface area (Å²) in [7, 11) is 0. The monoisotopic (exact) mass is 223 g/mol. The third-order valence-electron chi connectivity index (χ3n) is 1.76. The Labute approximate surface area is 97.6 Å². The van der Waals surface area contributed by atoms with Crippen molar-refractivity contribution in [2.75, 3.05) is 6.54 Å². The number of hydrogen-bond acceptors (Lipinski definition) is 2. The maximum atomic E-state index is 10.9. The Morgan fingerprint density at radius 1 is 1.12 bits per heavy atom. The molecule has 1 fully saturated rings. The topological polar surface area (TPSA) is 46.2 Å². The molecular weight excluding hydrogens is 202 g/mol. The normalized spacial score (nSPS) is 13.1. The van der Waals surface area contributed by atoms with Crippen LogP contribution in [0.15, 0.2) is 23.3 Å². The van der Waals surface area contributed by atoms with Gasteiger partial charge >= 0.3 is 0 Å². The Morgan fingerprint density at radius 3 is 1.81 bits per heavy atom. The van der Waals surface area contributed by atoms with Gasteiger partial charge in [-0.15, -0.1) is 0 Å². The van der Waals surface area contributed by atoms with E-state index in [4.69, 9.17) is 0 Å². The molecule has 3 heteroatoms. The molecule has 1 N–H and O–H groups in total. The van der Waals surface area contributed by atoms with Crippen molar-refractivity contribution in [2.24, 2.45) is 0 Å². The highest BCUT2D eigenvalue weighted by atomic mass is 16.1. The number of nitrogens with one attached hydrogen (secondary N) is 1. The van der Waals surface area contributed by atoms with E-state index in [1.54, 1.807) is 12.2 Å². The summed E-state index contributed by atoms with van der Waals surface area (Å²) in [6.07, 6.45) is 5.03. The van der Waals surface area contributed by atoms with Crippen molar-refractivity contribution < 1.29 is 9.59 Å². The molecule has 1 aliphatic rings. The minimum atomic E-state index is 0.0833. The van der Waals surface area contributed by atoms with Gasteiger partial charge in [0.2, 0.25) is 5.91 Å². The van der Waals surface area contributed by atoms with E-state index in [1.807, 2.05) is 27.7 Å². The van der Waals surface area contributed by atoms with Crippen molar-refractivity contribution in [3.63, 3.8) is 0 Å². The maximum Gasteiger partial charge on any atom is 0.220 e. The Hall–Kier alpha value is -1.38. The molecule has 1 rings (SSSR count). The van der Waals surface area contributed by atoms with Crippen molar-refractivity contribution in [3.05, 3.63) is 23.3 Å². The quantitative estimate of drug-likeness (QED) is 0.731. The van der Waals surface area contributed by atoms with Gasteiger partial charge in [0, 0.05) is 13.0 Å². The van der Waals surface area contributed by atoms with Crippen LogP contribution >= 0.6 is 0 Å². The first kappa shape index (κ1) is 14.6. The van der Waals surface area contributed by atoms with E-state index in [0.29, 0.717) is 0 Å². The minimum Gasteiger partial charge on any atom is -0.356 e. The molecule has 1 aliphatic heterocycles. The van der Waals surface area contributed by atoms with Gasteiger partial charge < -0.3 is 5.32 Å². The summed E-state index contributed by atoms with van der Waals surface area (Å²) in [5, 5.41) is 2.68. The van der Waals surface area contributed by atoms with Gasteiger partial charge in [-0.1, -0.05) is 11.1 Å². The van der Waals surface area contributed by atoms with E-state index < -0.39 is 0 Å². The number of rotatable bonds is 2. The van der Waals surface area contributed by atoms with E-state index in [0.717, 1.165) is 30.5 Å². The van der Waals surface area contributed by atoms with Gasteiger partial charge in [-0.3, -0.25) is 9.59 Å². The molecule has 16 heavy (non-hydrogen) atoms. The van der Waals surface area contributed by atoms with Crippen LogP contribution in [0.5, 0.6) is 0 Å². The number of carbonyl (C=O) groups excluding carboxylic acids is 2. The van der Waals surface area contributed by atoms with Crippen molar-refractivity contribution in [1.29, 1.82) is 0 Å². The molecule has 0 saturated carbocycles. The Kier molecular flexibility index (Phi) is 7.18. The zero-order chi connectivity index (χ0) is 12.6. The third kappa shape index (κ3) is 9.19. The number of amides is 1. The Morgan fingerprint density at radius 2 is 1.62 bits per heavy atom. The number of allylic oxidation sites excluding steroid dienone is 4. The van der Waals surface area contributed by atoms with E-state index in [1.165, 1.54) is 0 Å². The van der Waals surface area contributed by atoms with Crippen LogP contribution in [0.25, 0.3) is 0 Å². The van der Waals surface area contributed by atoms with Crippen LogP contribution in [-0.4, -0.2) is 18.2 Å². The summed E-state index contributed by atoms with van der Waals surface area (Å²) in [6, 6.07) is 0. The summed E-state index contributed by atoms with van der Waals surface area (Å²) in [5.74, 6) is 0.287. The lowest BCUT2D eigenvalue weighted by atomic mass is 10.2. The highest BCUT2D eigenvalue weighted by Crippen LogP contribution is 1.94. The van der Waals surface area contributed by atoms with Crippen LogP contribution in [0.2, 0.25) is 0 Å². The van der Waals surface area contributed by atoms with E-state index in [9.17, 15) is 9.59 Å². The van der Waals surface area contributed by atoms with Crippen LogP contribution in [0, 0.1) is 0 Å². The predicted octanol–water partition coefficient (Wildman–Crippen LogP) is 2.38. The van der Waals surface area contributed by atoms with E-state index >= 15 is 0 Å². The Bertz CT molecular complexity index is 278. The van der Waals surface area contributed by atoms with Gasteiger partial charge in [-0.25, -0.2) is 0 Å². The van der Waals surface area contributed by atoms with Crippen LogP contribution < -0.4 is 5.32 Å². The summed E-state index contributed by atoms with van der Waals surface area (Å²) >= 11 is 0. The van der Waals surface area contributed by atoms with E-state index in [2.05, 4.69) is 5.32 Å². The average molecular weight is 223 g/mol. The summed E-state index contributed by atoms with van der Waals surface area (Å²) in [6.45, 7) is 8.54. The summed E-state index contributed by atoms with van der Waals surface area (Å²) < 4.78 is 0. The molecule has 0 unspecified atom stereocenters. The SMILES string of the molecule is CC(C)=CC(=O)C=C(C)C.O=C1CCCN1. The molecule has 0 aliphatic carbocycles. The smallest absolute Gasteiger partial charge is 0.220 e. The van der Waals surface area contributed by atoms with E-state index in [-0.39, 0.29) is 11.7 Å². The largest absolute Gasteiger partial charge is 0.356 e. The first-order valence-corrected chi connectivity index (χ1v) is 5.52. The zero-order valence-electron chi connectivity index (χ0n) is 10.6. The lowest BCUT2D eigenvalue weighted by Gasteiger charge is -1.87. The molecule has 3 nitrogen and oxygen atoms in total. The molecule has 0 aromatic heterocycles. The van der Waals surface area contributed by atoms with Gasteiger partial charge in [0.15, 0.2) is 5.78 Å². The fourth-order valence-electron chi connectivity index (χ4n) is 1.18. The van der Waals surface area contributed by atoms with Crippen molar-refractivity contribution >= 4 is 11.7 Å². The first-order valence-electron chi connectivity index (χ1n) is 5.52. The average Bonchev–Trinajstić information content (AvgIpc) is 2.53. The molecular formula is C13H21NO2. The Balaban J connectivity index is 0.000000315. The zero-order valence-corrected chi connectivity index (χ0v) is 10.6. The molecule has 90 valence electrons. The fourth-order valence-corrected chi connectivity index (χ4v) is 1.18. The number of carbonyl (C=O) groups is 2. The van der Waals surface area contributed by atoms with Crippen molar-refractivity contribution in [3.8, 4) is 0 Å². The second-order valence-corrected chi connectivity index (χ2v) is 4.30. The molecule has 0 aromatic rings. The first-order chi connectivity index (χ1) is 7.41. The minimum absolute atomic E-state index is 0.0833. The van der Waals surface area contributed by atoms with Crippen LogP contribution in [-0.2, 0) is 9.59 Å². The molecule has 1 heterocycles. The molecule has 0 spiro atoms. The number of ketones is 1. The van der Waals surface area contributed by atoms with Crippen LogP contribution in [0.3, 0.4) is 0 Å². The van der Waals surface area contributed by atoms with Crippen molar-refractivity contribution in [2.45, 2.75) is 40.5 Å². The second kappa shape index (κ2) is 7.85. The van der Waals surface area contributed by atoms with Gasteiger partial charge in [0.1, 0.15) is 0 Å². The molecule has 0 bridgehead atoms. The second-order valence-electron chi connectivity index (χ2n) is 4.30. The van der Waals surface area contributed by atoms with Gasteiger partial charge in [0.05, 0.1) is 0 Å². The van der Waals surface area contributed by atoms with Crippen LogP contribution in [0.1, 0.15) is 40.5 Å². The van der Waals surface area contributed by atoms with Crippen LogP contribution in [0.4, 0.5) is 0 Å². The third-order valence-corrected chi connectivity index (χ3v) is 1.76. The van der Waals surface area contributed by atoms with Crippen molar-refractivity contribution in [1.82, 2.24) is 5.32 Å². The molecule has 0 atom stereocenters. The summed E-state index contributed by atoms with van der Waals surface area (Å²) in [5.41, 5.74) is 2.09. The standard InChI is InChI=1S/C9H14O.C4H7NO/c1-7(2)5-9(10)6-8(3)4;6-4-2-1-3-5-4/h5-6H,1-4H3;1-3H2,(H,5,6). The van der Waals surface area contributed by atoms with Gasteiger partial charge in [-0.2, -0.15) is 0 Å². The highest BCUT2D eigenvalue weighted by molar-refractivity contribution is 5.99. The summed E-state index contributed by atoms with van der Waals surface area (Å²) in [4.78, 5) is 21.0. The van der Waals surface area contributed by atoms with Gasteiger partial charge in [0.25, 0.3) is 0 Å². The predicted molar refractivity (Wildman–Crippen MR) is 66.1 cm³/mol. The lowest BCUT2D eigenvalue weighted by molar-refractivity contribution is -0.119. The molecule has 0 aromatic carbocycles. The number of hydrogen-bond donors (Lipinski definition) is 1. The molecule has 1 amide bonds.